The van der Waals surface area contributed by atoms with Crippen molar-refractivity contribution in [2.24, 2.45) is 0 Å². The number of thioether (sulfide) groups is 1. The number of carboxylic acids is 1. The minimum atomic E-state index is -3.85. The van der Waals surface area contributed by atoms with Gasteiger partial charge in [0.25, 0.3) is 5.69 Å². The summed E-state index contributed by atoms with van der Waals surface area (Å²) >= 11 is 0.929. The van der Waals surface area contributed by atoms with Crippen LogP contribution in [0.2, 0.25) is 0 Å². The molecule has 0 amide bonds. The molecular formula is C16H16N2O7S2. The molecule has 0 saturated carbocycles. The van der Waals surface area contributed by atoms with E-state index < -0.39 is 26.4 Å². The van der Waals surface area contributed by atoms with Crippen molar-refractivity contribution in [3.8, 4) is 5.75 Å². The van der Waals surface area contributed by atoms with Crippen LogP contribution in [0.5, 0.6) is 5.75 Å². The van der Waals surface area contributed by atoms with E-state index in [1.165, 1.54) is 0 Å². The fourth-order valence-electron chi connectivity index (χ4n) is 1.95. The average Bonchev–Trinajstić information content (AvgIpc) is 2.65. The lowest BCUT2D eigenvalue weighted by Gasteiger charge is -2.14. The molecule has 27 heavy (non-hydrogen) atoms. The molecule has 9 nitrogen and oxygen atoms in total. The number of hydrogen-bond donors (Lipinski definition) is 2. The maximum Gasteiger partial charge on any atom is 0.355 e. The van der Waals surface area contributed by atoms with Crippen LogP contribution in [0.4, 0.5) is 5.69 Å². The standard InChI is InChI=1S/C16H16N2O7S2/c19-15(20)16(25-13-4-2-1-3-5-13)26-11-10-17-27(23,24)14-8-6-12(7-9-14)18(21)22/h1-9,16-17H,10-11H2,(H,19,20). The number of para-hydroxylation sites is 1. The van der Waals surface area contributed by atoms with Gasteiger partial charge >= 0.3 is 5.97 Å². The number of nitrogens with zero attached hydrogens (tertiary/aromatic N) is 1. The minimum Gasteiger partial charge on any atom is -0.478 e. The van der Waals surface area contributed by atoms with Crippen LogP contribution in [0.1, 0.15) is 0 Å². The van der Waals surface area contributed by atoms with Crippen molar-refractivity contribution in [3.63, 3.8) is 0 Å². The monoisotopic (exact) mass is 412 g/mol. The molecule has 144 valence electrons. The van der Waals surface area contributed by atoms with Gasteiger partial charge in [0.2, 0.25) is 15.5 Å². The molecule has 0 heterocycles. The highest BCUT2D eigenvalue weighted by Crippen LogP contribution is 2.19. The van der Waals surface area contributed by atoms with E-state index in [1.807, 2.05) is 0 Å². The molecule has 11 heteroatoms. The van der Waals surface area contributed by atoms with Gasteiger partial charge in [-0.2, -0.15) is 0 Å². The first-order valence-electron chi connectivity index (χ1n) is 7.60. The van der Waals surface area contributed by atoms with Crippen LogP contribution in [0.15, 0.2) is 59.5 Å². The van der Waals surface area contributed by atoms with E-state index in [-0.39, 0.29) is 22.9 Å². The van der Waals surface area contributed by atoms with E-state index in [9.17, 15) is 28.4 Å². The lowest BCUT2D eigenvalue weighted by atomic mass is 10.3. The fraction of sp³-hybridized carbons (Fsp3) is 0.188. The number of nitrogens with one attached hydrogen (secondary N) is 1. The predicted molar refractivity (Wildman–Crippen MR) is 99.2 cm³/mol. The van der Waals surface area contributed by atoms with E-state index in [1.54, 1.807) is 30.3 Å². The predicted octanol–water partition coefficient (Wildman–Crippen LogP) is 2.10. The van der Waals surface area contributed by atoms with Gasteiger partial charge in [-0.3, -0.25) is 10.1 Å². The molecule has 0 bridgehead atoms. The van der Waals surface area contributed by atoms with Gasteiger partial charge in [-0.15, -0.1) is 11.8 Å². The molecule has 2 aromatic carbocycles. The number of hydrogen-bond acceptors (Lipinski definition) is 7. The van der Waals surface area contributed by atoms with Crippen molar-refractivity contribution in [2.45, 2.75) is 10.3 Å². The first-order valence-corrected chi connectivity index (χ1v) is 10.1. The summed E-state index contributed by atoms with van der Waals surface area (Å²) < 4.78 is 32.0. The Morgan fingerprint density at radius 2 is 1.81 bits per heavy atom. The minimum absolute atomic E-state index is 0.0358. The molecule has 0 saturated heterocycles. The van der Waals surface area contributed by atoms with Crippen LogP contribution in [0.3, 0.4) is 0 Å². The number of nitro groups is 1. The third kappa shape index (κ3) is 6.24. The summed E-state index contributed by atoms with van der Waals surface area (Å²) in [7, 11) is -3.85. The number of ether oxygens (including phenoxy) is 1. The van der Waals surface area contributed by atoms with Crippen LogP contribution in [0.25, 0.3) is 0 Å². The van der Waals surface area contributed by atoms with Crippen LogP contribution < -0.4 is 9.46 Å². The highest BCUT2D eigenvalue weighted by Gasteiger charge is 2.21. The molecule has 2 aromatic rings. The third-order valence-corrected chi connectivity index (χ3v) is 5.73. The van der Waals surface area contributed by atoms with Crippen LogP contribution in [-0.2, 0) is 14.8 Å². The van der Waals surface area contributed by atoms with Crippen molar-refractivity contribution in [1.82, 2.24) is 4.72 Å². The summed E-state index contributed by atoms with van der Waals surface area (Å²) in [6.45, 7) is -0.0358. The molecule has 2 N–H and O–H groups in total. The van der Waals surface area contributed by atoms with Gasteiger partial charge in [0.15, 0.2) is 0 Å². The van der Waals surface area contributed by atoms with Crippen molar-refractivity contribution >= 4 is 33.4 Å². The fourth-order valence-corrected chi connectivity index (χ4v) is 3.87. The normalized spacial score (nSPS) is 12.3. The molecule has 0 aromatic heterocycles. The van der Waals surface area contributed by atoms with Gasteiger partial charge < -0.3 is 9.84 Å². The molecule has 2 rings (SSSR count). The Hall–Kier alpha value is -2.63. The van der Waals surface area contributed by atoms with Crippen molar-refractivity contribution in [2.75, 3.05) is 12.3 Å². The van der Waals surface area contributed by atoms with Crippen LogP contribution in [-0.4, -0.2) is 42.2 Å². The number of non-ortho nitro benzene ring substituents is 1. The lowest BCUT2D eigenvalue weighted by molar-refractivity contribution is -0.384. The van der Waals surface area contributed by atoms with E-state index in [4.69, 9.17) is 4.74 Å². The maximum absolute atomic E-state index is 12.1. The quantitative estimate of drug-likeness (QED) is 0.262. The van der Waals surface area contributed by atoms with Crippen molar-refractivity contribution in [3.05, 3.63) is 64.7 Å². The summed E-state index contributed by atoms with van der Waals surface area (Å²) in [5, 5.41) is 19.8. The SMILES string of the molecule is O=C(O)C(Oc1ccccc1)SCCNS(=O)(=O)c1ccc([N+](=O)[O-])cc1. The largest absolute Gasteiger partial charge is 0.478 e. The Balaban J connectivity index is 1.88. The van der Waals surface area contributed by atoms with Gasteiger partial charge in [-0.1, -0.05) is 18.2 Å². The maximum atomic E-state index is 12.1. The molecule has 0 aliphatic heterocycles. The Labute approximate surface area is 159 Å². The first-order chi connectivity index (χ1) is 12.8. The molecule has 0 aliphatic carbocycles. The highest BCUT2D eigenvalue weighted by atomic mass is 32.2. The zero-order valence-corrected chi connectivity index (χ0v) is 15.5. The molecule has 0 spiro atoms. The number of benzene rings is 2. The first kappa shape index (κ1) is 20.7. The third-order valence-electron chi connectivity index (χ3n) is 3.21. The second-order valence-corrected chi connectivity index (χ2v) is 8.06. The lowest BCUT2D eigenvalue weighted by Crippen LogP contribution is -2.29. The zero-order valence-electron chi connectivity index (χ0n) is 13.8. The van der Waals surface area contributed by atoms with E-state index in [0.717, 1.165) is 36.0 Å². The van der Waals surface area contributed by atoms with Crippen molar-refractivity contribution in [1.29, 1.82) is 0 Å². The molecule has 0 radical (unpaired) electrons. The van der Waals surface area contributed by atoms with Gasteiger partial charge in [0.1, 0.15) is 5.75 Å². The Bertz CT molecular complexity index is 887. The zero-order chi connectivity index (χ0) is 19.9. The summed E-state index contributed by atoms with van der Waals surface area (Å²) in [6.07, 6.45) is 0. The average molecular weight is 412 g/mol. The number of nitro benzene ring substituents is 1. The Morgan fingerprint density at radius 3 is 2.37 bits per heavy atom. The summed E-state index contributed by atoms with van der Waals surface area (Å²) in [5.74, 6) is -0.637. The molecule has 0 fully saturated rings. The summed E-state index contributed by atoms with van der Waals surface area (Å²) in [4.78, 5) is 21.1. The molecule has 0 aliphatic rings. The second kappa shape index (κ2) is 9.35. The second-order valence-electron chi connectivity index (χ2n) is 5.12. The summed E-state index contributed by atoms with van der Waals surface area (Å²) in [6, 6.07) is 12.9. The summed E-state index contributed by atoms with van der Waals surface area (Å²) in [5.41, 5.74) is -1.40. The smallest absolute Gasteiger partial charge is 0.355 e. The van der Waals surface area contributed by atoms with Gasteiger partial charge in [0, 0.05) is 24.4 Å². The van der Waals surface area contributed by atoms with E-state index in [2.05, 4.69) is 4.72 Å². The number of aliphatic carboxylic acids is 1. The van der Waals surface area contributed by atoms with Gasteiger partial charge in [0.05, 0.1) is 9.82 Å². The van der Waals surface area contributed by atoms with Gasteiger partial charge in [-0.05, 0) is 24.3 Å². The molecule has 1 unspecified atom stereocenters. The van der Waals surface area contributed by atoms with E-state index >= 15 is 0 Å². The number of rotatable bonds is 10. The van der Waals surface area contributed by atoms with E-state index in [0.29, 0.717) is 5.75 Å². The molecular weight excluding hydrogens is 396 g/mol. The Kier molecular flexibility index (Phi) is 7.16. The molecule has 1 atom stereocenters. The highest BCUT2D eigenvalue weighted by molar-refractivity contribution is 8.00. The number of carboxylic acid groups (broad SMARTS) is 1. The van der Waals surface area contributed by atoms with Crippen molar-refractivity contribution < 1.29 is 28.0 Å². The number of carbonyl (C=O) groups is 1. The topological polar surface area (TPSA) is 136 Å². The van der Waals surface area contributed by atoms with Gasteiger partial charge in [-0.25, -0.2) is 17.9 Å². The number of sulfonamides is 1. The van der Waals surface area contributed by atoms with Crippen LogP contribution >= 0.6 is 11.8 Å². The van der Waals surface area contributed by atoms with Crippen LogP contribution in [0, 0.1) is 10.1 Å². The Morgan fingerprint density at radius 1 is 1.19 bits per heavy atom.